The molecule has 2 atom stereocenters. The molecule has 0 aliphatic carbocycles. The molecule has 1 N–H and O–H groups in total. The molecule has 1 amide bonds. The third kappa shape index (κ3) is 3.93. The highest BCUT2D eigenvalue weighted by Crippen LogP contribution is 2.14. The summed E-state index contributed by atoms with van der Waals surface area (Å²) in [7, 11) is 0. The van der Waals surface area contributed by atoms with Crippen molar-refractivity contribution in [1.29, 1.82) is 0 Å². The van der Waals surface area contributed by atoms with E-state index in [1.165, 1.54) is 0 Å². The smallest absolute Gasteiger partial charge is 0.255 e. The lowest BCUT2D eigenvalue weighted by atomic mass is 10.1. The first-order valence-electron chi connectivity index (χ1n) is 8.38. The Morgan fingerprint density at radius 3 is 2.64 bits per heavy atom. The zero-order valence-corrected chi connectivity index (χ0v) is 14.7. The molecule has 0 aromatic carbocycles. The lowest BCUT2D eigenvalue weighted by Crippen LogP contribution is -2.49. The molecule has 132 valence electrons. The summed E-state index contributed by atoms with van der Waals surface area (Å²) < 4.78 is 5.65. The van der Waals surface area contributed by atoms with E-state index in [-0.39, 0.29) is 30.1 Å². The van der Waals surface area contributed by atoms with E-state index in [1.807, 2.05) is 19.9 Å². The average Bonchev–Trinajstić information content (AvgIpc) is 2.57. The molecule has 1 fully saturated rings. The van der Waals surface area contributed by atoms with E-state index in [9.17, 15) is 9.59 Å². The van der Waals surface area contributed by atoms with Gasteiger partial charge in [-0.25, -0.2) is 4.98 Å². The largest absolute Gasteiger partial charge is 0.372 e. The van der Waals surface area contributed by atoms with Gasteiger partial charge in [0.2, 0.25) is 5.91 Å². The second-order valence-electron chi connectivity index (χ2n) is 6.43. The van der Waals surface area contributed by atoms with Gasteiger partial charge in [0.05, 0.1) is 18.6 Å². The lowest BCUT2D eigenvalue weighted by molar-refractivity contribution is -0.142. The molecule has 1 aliphatic heterocycles. The summed E-state index contributed by atoms with van der Waals surface area (Å²) in [6, 6.07) is 5.40. The van der Waals surface area contributed by atoms with Gasteiger partial charge in [-0.15, -0.1) is 0 Å². The highest BCUT2D eigenvalue weighted by atomic mass is 16.5. The van der Waals surface area contributed by atoms with Crippen molar-refractivity contribution < 1.29 is 9.53 Å². The molecule has 0 saturated carbocycles. The number of rotatable bonds is 3. The van der Waals surface area contributed by atoms with Gasteiger partial charge in [0.15, 0.2) is 5.82 Å². The number of H-pyrrole nitrogens is 1. The van der Waals surface area contributed by atoms with Crippen LogP contribution in [0.2, 0.25) is 0 Å². The Bertz CT molecular complexity index is 809. The molecule has 7 heteroatoms. The minimum Gasteiger partial charge on any atom is -0.372 e. The van der Waals surface area contributed by atoms with E-state index in [1.54, 1.807) is 30.2 Å². The number of aromatic nitrogens is 3. The van der Waals surface area contributed by atoms with Crippen molar-refractivity contribution in [3.8, 4) is 11.5 Å². The summed E-state index contributed by atoms with van der Waals surface area (Å²) in [5, 5.41) is 0. The number of aromatic amines is 1. The zero-order valence-electron chi connectivity index (χ0n) is 14.7. The molecule has 0 bridgehead atoms. The van der Waals surface area contributed by atoms with Crippen LogP contribution in [-0.2, 0) is 16.0 Å². The van der Waals surface area contributed by atoms with E-state index in [2.05, 4.69) is 15.0 Å². The van der Waals surface area contributed by atoms with E-state index < -0.39 is 0 Å². The van der Waals surface area contributed by atoms with Gasteiger partial charge >= 0.3 is 0 Å². The van der Waals surface area contributed by atoms with Gasteiger partial charge in [0, 0.05) is 30.5 Å². The number of aryl methyl sites for hydroxylation is 1. The van der Waals surface area contributed by atoms with Crippen molar-refractivity contribution in [3.63, 3.8) is 0 Å². The van der Waals surface area contributed by atoms with E-state index in [0.717, 1.165) is 0 Å². The predicted octanol–water partition coefficient (Wildman–Crippen LogP) is 1.32. The van der Waals surface area contributed by atoms with Crippen LogP contribution >= 0.6 is 0 Å². The normalized spacial score (nSPS) is 20.5. The molecular weight excluding hydrogens is 320 g/mol. The van der Waals surface area contributed by atoms with Crippen LogP contribution in [0.25, 0.3) is 11.5 Å². The molecule has 1 saturated heterocycles. The van der Waals surface area contributed by atoms with Crippen LogP contribution in [0.3, 0.4) is 0 Å². The third-order valence-electron chi connectivity index (χ3n) is 4.23. The second-order valence-corrected chi connectivity index (χ2v) is 6.43. The number of nitrogens with zero attached hydrogens (tertiary/aromatic N) is 3. The predicted molar refractivity (Wildman–Crippen MR) is 93.1 cm³/mol. The Morgan fingerprint density at radius 1 is 1.32 bits per heavy atom. The first-order chi connectivity index (χ1) is 11.9. The highest BCUT2D eigenvalue weighted by Gasteiger charge is 2.27. The Labute approximate surface area is 146 Å². The van der Waals surface area contributed by atoms with Crippen LogP contribution in [0.15, 0.2) is 29.2 Å². The standard InChI is InChI=1S/C18H22N4O3/c1-11-9-22(10-12(2)25-11)16(23)8-14-13(3)20-17(21-18(14)24)15-6-4-5-7-19-15/h4-7,11-12H,8-10H2,1-3H3,(H,20,21,24)/t11-,12+. The van der Waals surface area contributed by atoms with Crippen molar-refractivity contribution in [1.82, 2.24) is 19.9 Å². The molecule has 25 heavy (non-hydrogen) atoms. The molecule has 2 aromatic heterocycles. The first kappa shape index (κ1) is 17.3. The average molecular weight is 342 g/mol. The summed E-state index contributed by atoms with van der Waals surface area (Å²) in [5.41, 5.74) is 1.25. The summed E-state index contributed by atoms with van der Waals surface area (Å²) >= 11 is 0. The number of carbonyl (C=O) groups is 1. The topological polar surface area (TPSA) is 88.2 Å². The Morgan fingerprint density at radius 2 is 2.04 bits per heavy atom. The van der Waals surface area contributed by atoms with E-state index >= 15 is 0 Å². The van der Waals surface area contributed by atoms with Gasteiger partial charge in [-0.1, -0.05) is 6.07 Å². The molecule has 3 heterocycles. The fourth-order valence-corrected chi connectivity index (χ4v) is 3.09. The zero-order chi connectivity index (χ0) is 18.0. The third-order valence-corrected chi connectivity index (χ3v) is 4.23. The van der Waals surface area contributed by atoms with Crippen molar-refractivity contribution in [2.75, 3.05) is 13.1 Å². The van der Waals surface area contributed by atoms with Crippen LogP contribution in [0.1, 0.15) is 25.1 Å². The number of ether oxygens (including phenoxy) is 1. The summed E-state index contributed by atoms with van der Waals surface area (Å²) in [4.78, 5) is 38.2. The van der Waals surface area contributed by atoms with Gasteiger partial charge < -0.3 is 14.6 Å². The molecule has 0 unspecified atom stereocenters. The van der Waals surface area contributed by atoms with Crippen LogP contribution in [-0.4, -0.2) is 51.1 Å². The quantitative estimate of drug-likeness (QED) is 0.909. The number of carbonyl (C=O) groups excluding carboxylic acids is 1. The van der Waals surface area contributed by atoms with Crippen LogP contribution in [0.4, 0.5) is 0 Å². The monoisotopic (exact) mass is 342 g/mol. The van der Waals surface area contributed by atoms with Gasteiger partial charge in [-0.3, -0.25) is 14.6 Å². The maximum atomic E-state index is 12.6. The summed E-state index contributed by atoms with van der Waals surface area (Å²) in [5.74, 6) is 0.330. The van der Waals surface area contributed by atoms with E-state index in [4.69, 9.17) is 4.74 Å². The number of hydrogen-bond donors (Lipinski definition) is 1. The number of hydrogen-bond acceptors (Lipinski definition) is 5. The van der Waals surface area contributed by atoms with E-state index in [0.29, 0.717) is 35.9 Å². The number of pyridine rings is 1. The second kappa shape index (κ2) is 7.14. The van der Waals surface area contributed by atoms with Crippen molar-refractivity contribution in [2.24, 2.45) is 0 Å². The van der Waals surface area contributed by atoms with Gasteiger partial charge in [0.25, 0.3) is 5.56 Å². The van der Waals surface area contributed by atoms with Crippen molar-refractivity contribution in [3.05, 3.63) is 46.0 Å². The maximum absolute atomic E-state index is 12.6. The SMILES string of the molecule is Cc1nc(-c2ccccn2)[nH]c(=O)c1CC(=O)N1C[C@@H](C)O[C@@H](C)C1. The minimum absolute atomic E-state index is 0.00302. The molecular formula is C18H22N4O3. The summed E-state index contributed by atoms with van der Waals surface area (Å²) in [6.45, 7) is 6.71. The molecule has 2 aromatic rings. The Hall–Kier alpha value is -2.54. The molecule has 7 nitrogen and oxygen atoms in total. The number of amides is 1. The lowest BCUT2D eigenvalue weighted by Gasteiger charge is -2.35. The first-order valence-corrected chi connectivity index (χ1v) is 8.38. The fraction of sp³-hybridized carbons (Fsp3) is 0.444. The minimum atomic E-state index is -0.296. The van der Waals surface area contributed by atoms with Crippen LogP contribution in [0, 0.1) is 6.92 Å². The summed E-state index contributed by atoms with van der Waals surface area (Å²) in [6.07, 6.45) is 1.67. The Balaban J connectivity index is 1.81. The molecule has 0 spiro atoms. The molecule has 0 radical (unpaired) electrons. The fourth-order valence-electron chi connectivity index (χ4n) is 3.09. The van der Waals surface area contributed by atoms with Crippen LogP contribution in [0.5, 0.6) is 0 Å². The van der Waals surface area contributed by atoms with Crippen molar-refractivity contribution >= 4 is 5.91 Å². The number of nitrogens with one attached hydrogen (secondary N) is 1. The van der Waals surface area contributed by atoms with Crippen LogP contribution < -0.4 is 5.56 Å². The number of morpholine rings is 1. The maximum Gasteiger partial charge on any atom is 0.255 e. The Kier molecular flexibility index (Phi) is 4.94. The van der Waals surface area contributed by atoms with Gasteiger partial charge in [0.1, 0.15) is 5.69 Å². The highest BCUT2D eigenvalue weighted by molar-refractivity contribution is 5.79. The van der Waals surface area contributed by atoms with Gasteiger partial charge in [-0.05, 0) is 32.9 Å². The molecule has 3 rings (SSSR count). The molecule has 1 aliphatic rings. The van der Waals surface area contributed by atoms with Crippen molar-refractivity contribution in [2.45, 2.75) is 39.4 Å². The van der Waals surface area contributed by atoms with Gasteiger partial charge in [-0.2, -0.15) is 0 Å².